The second-order valence-corrected chi connectivity index (χ2v) is 8.07. The van der Waals surface area contributed by atoms with Gasteiger partial charge >= 0.3 is 0 Å². The van der Waals surface area contributed by atoms with Gasteiger partial charge in [0.25, 0.3) is 0 Å². The number of nitrogens with one attached hydrogen (secondary N) is 3. The van der Waals surface area contributed by atoms with E-state index in [0.717, 1.165) is 0 Å². The van der Waals surface area contributed by atoms with Gasteiger partial charge in [-0.05, 0) is 46.4 Å². The first kappa shape index (κ1) is 19.7. The molecule has 3 atom stereocenters. The highest BCUT2D eigenvalue weighted by Gasteiger charge is 2.26. The molecule has 31 heavy (non-hydrogen) atoms. The van der Waals surface area contributed by atoms with Crippen LogP contribution in [0.2, 0.25) is 0 Å². The zero-order chi connectivity index (χ0) is 21.0. The van der Waals surface area contributed by atoms with Gasteiger partial charge in [0, 0.05) is 0 Å². The van der Waals surface area contributed by atoms with Crippen molar-refractivity contribution in [3.05, 3.63) is 120 Å². The molecule has 0 bridgehead atoms. The third-order valence-electron chi connectivity index (χ3n) is 5.85. The van der Waals surface area contributed by atoms with Crippen molar-refractivity contribution < 1.29 is 0 Å². The van der Waals surface area contributed by atoms with E-state index in [1.165, 1.54) is 33.4 Å². The molecule has 1 aliphatic heterocycles. The van der Waals surface area contributed by atoms with Crippen molar-refractivity contribution in [2.45, 2.75) is 25.4 Å². The Bertz CT molecular complexity index is 1120. The molecular formula is C28H27N3. The second kappa shape index (κ2) is 8.86. The lowest BCUT2D eigenvalue weighted by molar-refractivity contribution is 0.213. The van der Waals surface area contributed by atoms with Crippen LogP contribution in [0.3, 0.4) is 0 Å². The third-order valence-corrected chi connectivity index (χ3v) is 5.85. The molecule has 1 saturated heterocycles. The van der Waals surface area contributed by atoms with Crippen LogP contribution in [-0.2, 0) is 0 Å². The molecule has 0 aliphatic carbocycles. The summed E-state index contributed by atoms with van der Waals surface area (Å²) < 4.78 is 0. The maximum absolute atomic E-state index is 3.68. The van der Waals surface area contributed by atoms with E-state index in [1.807, 2.05) is 0 Å². The summed E-state index contributed by atoms with van der Waals surface area (Å²) in [6, 6.07) is 38.7. The van der Waals surface area contributed by atoms with Crippen LogP contribution in [0.1, 0.15) is 30.4 Å². The maximum atomic E-state index is 3.68. The third kappa shape index (κ3) is 4.44. The first-order valence-corrected chi connectivity index (χ1v) is 10.9. The van der Waals surface area contributed by atoms with Crippen LogP contribution in [0.5, 0.6) is 0 Å². The van der Waals surface area contributed by atoms with E-state index in [2.05, 4.69) is 132 Å². The molecule has 0 spiro atoms. The number of benzene rings is 4. The summed E-state index contributed by atoms with van der Waals surface area (Å²) in [6.07, 6.45) is 0.412. The van der Waals surface area contributed by atoms with Gasteiger partial charge in [-0.2, -0.15) is 0 Å². The van der Waals surface area contributed by atoms with Crippen molar-refractivity contribution in [1.82, 2.24) is 16.0 Å². The summed E-state index contributed by atoms with van der Waals surface area (Å²) in [5.41, 5.74) is 7.42. The average molecular weight is 406 g/mol. The Kier molecular flexibility index (Phi) is 5.63. The topological polar surface area (TPSA) is 36.1 Å². The van der Waals surface area contributed by atoms with Crippen LogP contribution in [-0.4, -0.2) is 6.17 Å². The summed E-state index contributed by atoms with van der Waals surface area (Å²) in [6.45, 7) is 2.16. The lowest BCUT2D eigenvalue weighted by Crippen LogP contribution is -2.57. The molecule has 1 heterocycles. The highest BCUT2D eigenvalue weighted by molar-refractivity contribution is 5.73. The predicted octanol–water partition coefficient (Wildman–Crippen LogP) is 5.85. The lowest BCUT2D eigenvalue weighted by Gasteiger charge is -2.38. The molecule has 154 valence electrons. The van der Waals surface area contributed by atoms with E-state index in [-0.39, 0.29) is 18.5 Å². The van der Waals surface area contributed by atoms with E-state index in [1.54, 1.807) is 0 Å². The zero-order valence-corrected chi connectivity index (χ0v) is 17.6. The summed E-state index contributed by atoms with van der Waals surface area (Å²) in [5, 5.41) is 10.9. The quantitative estimate of drug-likeness (QED) is 0.399. The molecule has 0 aromatic heterocycles. The van der Waals surface area contributed by atoms with E-state index >= 15 is 0 Å². The smallest absolute Gasteiger partial charge is 0.0861 e. The Balaban J connectivity index is 1.37. The highest BCUT2D eigenvalue weighted by Crippen LogP contribution is 2.28. The molecule has 0 saturated carbocycles. The van der Waals surface area contributed by atoms with Gasteiger partial charge in [0.1, 0.15) is 0 Å². The van der Waals surface area contributed by atoms with Crippen LogP contribution in [0.25, 0.3) is 22.3 Å². The van der Waals surface area contributed by atoms with Crippen molar-refractivity contribution in [2.75, 3.05) is 0 Å². The molecule has 4 aromatic carbocycles. The van der Waals surface area contributed by atoms with Crippen LogP contribution in [0.15, 0.2) is 109 Å². The summed E-state index contributed by atoms with van der Waals surface area (Å²) in [4.78, 5) is 0. The van der Waals surface area contributed by atoms with Gasteiger partial charge in [0.2, 0.25) is 0 Å². The molecule has 1 fully saturated rings. The molecule has 3 nitrogen and oxygen atoms in total. The Morgan fingerprint density at radius 1 is 0.452 bits per heavy atom. The Morgan fingerprint density at radius 2 is 0.935 bits per heavy atom. The zero-order valence-electron chi connectivity index (χ0n) is 17.6. The van der Waals surface area contributed by atoms with Crippen LogP contribution in [0, 0.1) is 0 Å². The molecule has 0 amide bonds. The largest absolute Gasteiger partial charge is 0.283 e. The summed E-state index contributed by atoms with van der Waals surface area (Å²) >= 11 is 0. The predicted molar refractivity (Wildman–Crippen MR) is 128 cm³/mol. The van der Waals surface area contributed by atoms with Crippen molar-refractivity contribution in [1.29, 1.82) is 0 Å². The first-order chi connectivity index (χ1) is 15.3. The molecule has 3 heteroatoms. The van der Waals surface area contributed by atoms with Crippen LogP contribution >= 0.6 is 0 Å². The fraction of sp³-hybridized carbons (Fsp3) is 0.143. The Morgan fingerprint density at radius 3 is 1.55 bits per heavy atom. The van der Waals surface area contributed by atoms with Crippen molar-refractivity contribution >= 4 is 0 Å². The van der Waals surface area contributed by atoms with Gasteiger partial charge in [-0.25, -0.2) is 0 Å². The number of rotatable bonds is 4. The van der Waals surface area contributed by atoms with Crippen molar-refractivity contribution in [3.8, 4) is 22.3 Å². The molecule has 0 radical (unpaired) electrons. The molecule has 5 rings (SSSR count). The van der Waals surface area contributed by atoms with E-state index in [0.29, 0.717) is 0 Å². The second-order valence-electron chi connectivity index (χ2n) is 8.07. The van der Waals surface area contributed by atoms with E-state index < -0.39 is 0 Å². The maximum Gasteiger partial charge on any atom is 0.0861 e. The van der Waals surface area contributed by atoms with Gasteiger partial charge in [0.15, 0.2) is 0 Å². The monoisotopic (exact) mass is 405 g/mol. The molecule has 4 aromatic rings. The lowest BCUT2D eigenvalue weighted by atomic mass is 9.98. The minimum absolute atomic E-state index is 0.0890. The Labute approximate surface area is 184 Å². The molecule has 3 unspecified atom stereocenters. The van der Waals surface area contributed by atoms with E-state index in [9.17, 15) is 0 Å². The SMILES string of the molecule is CC1NC(c2ccccc2)NC(c2ccc(-c3cccc(-c4ccccc4)c3)cc2)N1. The molecule has 3 N–H and O–H groups in total. The minimum atomic E-state index is 0.0890. The normalized spacial score (nSPS) is 21.0. The van der Waals surface area contributed by atoms with Crippen molar-refractivity contribution in [3.63, 3.8) is 0 Å². The first-order valence-electron chi connectivity index (χ1n) is 10.9. The standard InChI is InChI=1S/C28H27N3/c1-20-29-27(23-11-6-3-7-12-23)31-28(30-20)24-17-15-22(16-18-24)26-14-8-13-25(19-26)21-9-4-2-5-10-21/h2-20,27-31H,1H3. The summed E-state index contributed by atoms with van der Waals surface area (Å²) in [7, 11) is 0. The molecular weight excluding hydrogens is 378 g/mol. The fourth-order valence-corrected chi connectivity index (χ4v) is 4.22. The van der Waals surface area contributed by atoms with Gasteiger partial charge in [0.05, 0.1) is 18.5 Å². The minimum Gasteiger partial charge on any atom is -0.283 e. The molecule has 1 aliphatic rings. The van der Waals surface area contributed by atoms with Crippen molar-refractivity contribution in [2.24, 2.45) is 0 Å². The van der Waals surface area contributed by atoms with Gasteiger partial charge in [-0.1, -0.05) is 103 Å². The Hall–Kier alpha value is -3.24. The number of hydrogen-bond acceptors (Lipinski definition) is 3. The average Bonchev–Trinajstić information content (AvgIpc) is 2.85. The van der Waals surface area contributed by atoms with Gasteiger partial charge in [-0.15, -0.1) is 0 Å². The van der Waals surface area contributed by atoms with Crippen LogP contribution < -0.4 is 16.0 Å². The van der Waals surface area contributed by atoms with Gasteiger partial charge in [-0.3, -0.25) is 16.0 Å². The summed E-state index contributed by atoms with van der Waals surface area (Å²) in [5.74, 6) is 0. The van der Waals surface area contributed by atoms with Gasteiger partial charge < -0.3 is 0 Å². The highest BCUT2D eigenvalue weighted by atomic mass is 15.3. The fourth-order valence-electron chi connectivity index (χ4n) is 4.22. The number of hydrogen-bond donors (Lipinski definition) is 3. The van der Waals surface area contributed by atoms with E-state index in [4.69, 9.17) is 0 Å². The van der Waals surface area contributed by atoms with Crippen LogP contribution in [0.4, 0.5) is 0 Å².